The molecule has 0 bridgehead atoms. The molecule has 4 heteroatoms. The van der Waals surface area contributed by atoms with Gasteiger partial charge in [-0.1, -0.05) is 73.2 Å². The monoisotopic (exact) mass is 461 g/mol. The molecule has 1 aliphatic heterocycles. The summed E-state index contributed by atoms with van der Waals surface area (Å²) in [6.07, 6.45) is 7.76. The summed E-state index contributed by atoms with van der Waals surface area (Å²) >= 11 is 0. The molecule has 1 fully saturated rings. The van der Waals surface area contributed by atoms with Crippen LogP contribution in [0.25, 0.3) is 23.3 Å². The van der Waals surface area contributed by atoms with Crippen molar-refractivity contribution in [2.75, 3.05) is 13.2 Å². The second-order valence-corrected chi connectivity index (χ2v) is 9.16. The first kappa shape index (κ1) is 24.3. The van der Waals surface area contributed by atoms with E-state index in [0.717, 1.165) is 52.2 Å². The second kappa shape index (κ2) is 11.5. The van der Waals surface area contributed by atoms with Crippen LogP contribution in [0.5, 0.6) is 5.75 Å². The van der Waals surface area contributed by atoms with Gasteiger partial charge in [0.25, 0.3) is 0 Å². The average Bonchev–Trinajstić information content (AvgIpc) is 2.89. The largest absolute Gasteiger partial charge is 0.478 e. The third-order valence-corrected chi connectivity index (χ3v) is 6.79. The molecule has 1 saturated heterocycles. The number of hydrogen-bond acceptors (Lipinski definition) is 4. The van der Waals surface area contributed by atoms with Crippen LogP contribution >= 0.6 is 0 Å². The molecule has 0 radical (unpaired) electrons. The summed E-state index contributed by atoms with van der Waals surface area (Å²) in [6.45, 7) is 6.32. The highest BCUT2D eigenvalue weighted by molar-refractivity contribution is 5.81. The number of benzene rings is 3. The van der Waals surface area contributed by atoms with Gasteiger partial charge in [-0.3, -0.25) is 4.90 Å². The maximum atomic E-state index is 9.93. The minimum Gasteiger partial charge on any atom is -0.478 e. The lowest BCUT2D eigenvalue weighted by Gasteiger charge is -2.33. The maximum absolute atomic E-state index is 9.93. The summed E-state index contributed by atoms with van der Waals surface area (Å²) < 4.78 is 5.86. The summed E-state index contributed by atoms with van der Waals surface area (Å²) in [5, 5.41) is 19.0. The van der Waals surface area contributed by atoms with Crippen LogP contribution in [-0.2, 0) is 6.54 Å². The molecule has 3 aromatic rings. The lowest BCUT2D eigenvalue weighted by atomic mass is 9.95. The van der Waals surface area contributed by atoms with E-state index in [-0.39, 0.29) is 6.61 Å². The third kappa shape index (κ3) is 5.80. The van der Waals surface area contributed by atoms with Gasteiger partial charge in [0.1, 0.15) is 17.9 Å². The topological polar surface area (TPSA) is 60.0 Å². The van der Waals surface area contributed by atoms with E-state index in [9.17, 15) is 5.26 Å². The van der Waals surface area contributed by atoms with E-state index in [1.165, 1.54) is 19.3 Å². The molecule has 35 heavy (non-hydrogen) atoms. The Hall–Kier alpha value is -3.86. The van der Waals surface area contributed by atoms with Crippen molar-refractivity contribution >= 4 is 12.2 Å². The lowest BCUT2D eigenvalue weighted by Crippen LogP contribution is -2.36. The predicted molar refractivity (Wildman–Crippen MR) is 142 cm³/mol. The summed E-state index contributed by atoms with van der Waals surface area (Å²) in [4.78, 5) is 2.50. The molecule has 4 nitrogen and oxygen atoms in total. The summed E-state index contributed by atoms with van der Waals surface area (Å²) in [5.74, 6) is 0.758. The van der Waals surface area contributed by atoms with Crippen LogP contribution in [0.3, 0.4) is 0 Å². The van der Waals surface area contributed by atoms with Crippen molar-refractivity contribution in [2.45, 2.75) is 45.7 Å². The van der Waals surface area contributed by atoms with Gasteiger partial charge in [0.2, 0.25) is 0 Å². The van der Waals surface area contributed by atoms with Gasteiger partial charge in [-0.05, 0) is 61.6 Å². The third-order valence-electron chi connectivity index (χ3n) is 6.79. The number of rotatable bonds is 7. The Kier molecular flexibility index (Phi) is 7.99. The van der Waals surface area contributed by atoms with E-state index in [0.29, 0.717) is 11.6 Å². The first-order valence-electron chi connectivity index (χ1n) is 12.2. The van der Waals surface area contributed by atoms with Crippen molar-refractivity contribution in [3.8, 4) is 29.0 Å². The van der Waals surface area contributed by atoms with Gasteiger partial charge in [0.05, 0.1) is 5.56 Å². The standard InChI is InChI=1S/C31H31N3O/c1-23-19-28(22-34-17-7-6-9-24(34)2)31(35-18-16-32)20-27(23)15-14-26-12-8-13-29(30(26)21-33)25-10-4-3-5-11-25/h3-5,8,10-15,19-20,24H,6-7,9,17-18,22H2,1-2H3/b15-14+/t24-/m1/s1. The SMILES string of the molecule is Cc1cc(CN2CCCC[C@H]2C)c(OCC#N)cc1/C=C/c1cccc(-c2ccccc2)c1C#N. The van der Waals surface area contributed by atoms with E-state index >= 15 is 0 Å². The Bertz CT molecular complexity index is 1280. The number of hydrogen-bond donors (Lipinski definition) is 0. The Balaban J connectivity index is 1.66. The molecule has 0 spiro atoms. The highest BCUT2D eigenvalue weighted by atomic mass is 16.5. The quantitative estimate of drug-likeness (QED) is 0.356. The summed E-state index contributed by atoms with van der Waals surface area (Å²) in [7, 11) is 0. The zero-order chi connectivity index (χ0) is 24.6. The van der Waals surface area contributed by atoms with Crippen LogP contribution in [0, 0.1) is 29.6 Å². The molecule has 4 rings (SSSR count). The maximum Gasteiger partial charge on any atom is 0.174 e. The molecule has 1 aliphatic rings. The normalized spacial score (nSPS) is 16.1. The van der Waals surface area contributed by atoms with Crippen molar-refractivity contribution in [2.24, 2.45) is 0 Å². The molecule has 176 valence electrons. The number of nitriles is 2. The van der Waals surface area contributed by atoms with Gasteiger partial charge in [-0.15, -0.1) is 0 Å². The van der Waals surface area contributed by atoms with Crippen LogP contribution in [0.1, 0.15) is 54.0 Å². The van der Waals surface area contributed by atoms with E-state index in [1.807, 2.05) is 66.7 Å². The van der Waals surface area contributed by atoms with Gasteiger partial charge in [0, 0.05) is 23.7 Å². The molecule has 0 aliphatic carbocycles. The highest BCUT2D eigenvalue weighted by Crippen LogP contribution is 2.30. The summed E-state index contributed by atoms with van der Waals surface area (Å²) in [6, 6.07) is 25.2. The molecule has 0 saturated carbocycles. The van der Waals surface area contributed by atoms with Crippen molar-refractivity contribution in [1.29, 1.82) is 10.5 Å². The number of likely N-dealkylation sites (tertiary alicyclic amines) is 1. The Labute approximate surface area is 208 Å². The number of aryl methyl sites for hydroxylation is 1. The van der Waals surface area contributed by atoms with Crippen molar-refractivity contribution in [1.82, 2.24) is 4.90 Å². The van der Waals surface area contributed by atoms with E-state index < -0.39 is 0 Å². The van der Waals surface area contributed by atoms with Crippen molar-refractivity contribution < 1.29 is 4.74 Å². The second-order valence-electron chi connectivity index (χ2n) is 9.16. The molecule has 0 unspecified atom stereocenters. The summed E-state index contributed by atoms with van der Waals surface area (Å²) in [5.41, 5.74) is 6.76. The average molecular weight is 462 g/mol. The Morgan fingerprint density at radius 2 is 1.80 bits per heavy atom. The minimum absolute atomic E-state index is 0.0203. The molecule has 0 N–H and O–H groups in total. The highest BCUT2D eigenvalue weighted by Gasteiger charge is 2.20. The molecular formula is C31H31N3O. The van der Waals surface area contributed by atoms with Gasteiger partial charge in [-0.25, -0.2) is 0 Å². The number of piperidine rings is 1. The molecule has 1 atom stereocenters. The molecule has 1 heterocycles. The fourth-order valence-corrected chi connectivity index (χ4v) is 4.79. The van der Waals surface area contributed by atoms with Crippen LogP contribution < -0.4 is 4.74 Å². The van der Waals surface area contributed by atoms with Gasteiger partial charge in [0.15, 0.2) is 6.61 Å². The van der Waals surface area contributed by atoms with E-state index in [1.54, 1.807) is 0 Å². The van der Waals surface area contributed by atoms with Crippen molar-refractivity contribution in [3.05, 3.63) is 88.5 Å². The predicted octanol–water partition coefficient (Wildman–Crippen LogP) is 6.98. The molecule has 3 aromatic carbocycles. The van der Waals surface area contributed by atoms with Crippen LogP contribution in [0.4, 0.5) is 0 Å². The van der Waals surface area contributed by atoms with Gasteiger partial charge < -0.3 is 4.74 Å². The lowest BCUT2D eigenvalue weighted by molar-refractivity contribution is 0.151. The minimum atomic E-state index is 0.0203. The van der Waals surface area contributed by atoms with Crippen LogP contribution in [0.15, 0.2) is 60.7 Å². The fourth-order valence-electron chi connectivity index (χ4n) is 4.79. The zero-order valence-electron chi connectivity index (χ0n) is 20.5. The number of nitrogens with zero attached hydrogens (tertiary/aromatic N) is 3. The number of ether oxygens (including phenoxy) is 1. The Morgan fingerprint density at radius 1 is 1.00 bits per heavy atom. The molecule has 0 amide bonds. The van der Waals surface area contributed by atoms with Gasteiger partial charge >= 0.3 is 0 Å². The fraction of sp³-hybridized carbons (Fsp3) is 0.290. The van der Waals surface area contributed by atoms with E-state index in [4.69, 9.17) is 10.00 Å². The van der Waals surface area contributed by atoms with Crippen molar-refractivity contribution in [3.63, 3.8) is 0 Å². The van der Waals surface area contributed by atoms with Crippen LogP contribution in [-0.4, -0.2) is 24.1 Å². The zero-order valence-corrected chi connectivity index (χ0v) is 20.5. The van der Waals surface area contributed by atoms with Crippen LogP contribution in [0.2, 0.25) is 0 Å². The molecule has 0 aromatic heterocycles. The smallest absolute Gasteiger partial charge is 0.174 e. The first-order chi connectivity index (χ1) is 17.1. The first-order valence-corrected chi connectivity index (χ1v) is 12.2. The van der Waals surface area contributed by atoms with Gasteiger partial charge in [-0.2, -0.15) is 10.5 Å². The molecular weight excluding hydrogens is 430 g/mol. The Morgan fingerprint density at radius 3 is 2.54 bits per heavy atom. The van der Waals surface area contributed by atoms with E-state index in [2.05, 4.69) is 37.0 Å².